The molecule has 0 aromatic carbocycles. The van der Waals surface area contributed by atoms with Crippen LogP contribution in [0.4, 0.5) is 5.82 Å². The molecule has 1 saturated heterocycles. The molecule has 0 radical (unpaired) electrons. The van der Waals surface area contributed by atoms with E-state index in [1.807, 2.05) is 0 Å². The maximum absolute atomic E-state index is 12.2. The highest BCUT2D eigenvalue weighted by molar-refractivity contribution is 7.93. The average molecular weight is 569 g/mol. The van der Waals surface area contributed by atoms with Gasteiger partial charge in [0.2, 0.25) is 6.29 Å². The standard InChI is InChI=1S/C11H18N5O14P3S/c1-34-28-11(27-32(22,23)30-33(24,25)29-31(19,20)21)7-5(17)6(18)10(26-7)16-3-15-4-8(12)13-2-14-9(4)16/h2-3,5-7,10-11,17-18H,1H3,(H,22,23)(H,24,25)(H2,12,13,14)(H2,19,20,21)/t5-,6+,7-,10+,11?/m0/s1. The summed E-state index contributed by atoms with van der Waals surface area (Å²) in [5.74, 6) is 0.0181. The molecule has 8 N–H and O–H groups in total. The lowest BCUT2D eigenvalue weighted by atomic mass is 10.1. The van der Waals surface area contributed by atoms with Crippen molar-refractivity contribution in [2.24, 2.45) is 0 Å². The van der Waals surface area contributed by atoms with Gasteiger partial charge >= 0.3 is 23.5 Å². The molecule has 1 aliphatic heterocycles. The van der Waals surface area contributed by atoms with Gasteiger partial charge in [-0.1, -0.05) is 0 Å². The Bertz CT molecular complexity index is 1180. The highest BCUT2D eigenvalue weighted by Gasteiger charge is 2.52. The van der Waals surface area contributed by atoms with Crippen LogP contribution in [0.5, 0.6) is 0 Å². The molecule has 1 fully saturated rings. The van der Waals surface area contributed by atoms with Gasteiger partial charge in [-0.3, -0.25) is 13.3 Å². The molecule has 0 spiro atoms. The fourth-order valence-electron chi connectivity index (χ4n) is 2.85. The maximum atomic E-state index is 12.2. The van der Waals surface area contributed by atoms with E-state index < -0.39 is 54.3 Å². The first-order chi connectivity index (χ1) is 15.6. The topological polar surface area (TPSA) is 288 Å². The lowest BCUT2D eigenvalue weighted by molar-refractivity contribution is -0.142. The van der Waals surface area contributed by atoms with Crippen molar-refractivity contribution < 1.29 is 65.5 Å². The summed E-state index contributed by atoms with van der Waals surface area (Å²) in [6, 6.07) is 0. The summed E-state index contributed by atoms with van der Waals surface area (Å²) >= 11 is 0.543. The lowest BCUT2D eigenvalue weighted by Crippen LogP contribution is -2.40. The number of rotatable bonds is 10. The molecule has 34 heavy (non-hydrogen) atoms. The Balaban J connectivity index is 1.82. The predicted molar refractivity (Wildman–Crippen MR) is 109 cm³/mol. The summed E-state index contributed by atoms with van der Waals surface area (Å²) in [6.45, 7) is 0. The Morgan fingerprint density at radius 2 is 1.76 bits per heavy atom. The number of aromatic nitrogens is 4. The minimum absolute atomic E-state index is 0.0181. The number of hydrogen-bond acceptors (Lipinski definition) is 15. The molecular formula is C11H18N5O14P3S. The third kappa shape index (κ3) is 6.38. The SMILES string of the molecule is CSOC(OP(=O)(O)OP(=O)(O)OP(=O)(O)O)[C@H]1O[C@@H](n2cnc3c(N)ncnc32)[C@H](O)[C@@H]1O. The summed E-state index contributed by atoms with van der Waals surface area (Å²) in [7, 11) is -17.1. The number of nitrogen functional groups attached to an aromatic ring is 1. The number of imidazole rings is 1. The monoisotopic (exact) mass is 569 g/mol. The van der Waals surface area contributed by atoms with E-state index in [9.17, 15) is 33.7 Å². The number of nitrogens with zero attached hydrogens (tertiary/aromatic N) is 4. The zero-order valence-corrected chi connectivity index (χ0v) is 20.1. The van der Waals surface area contributed by atoms with E-state index in [2.05, 4.69) is 28.1 Å². The lowest BCUT2D eigenvalue weighted by Gasteiger charge is -2.26. The summed E-state index contributed by atoms with van der Waals surface area (Å²) < 4.78 is 58.1. The van der Waals surface area contributed by atoms with Crippen LogP contribution in [0.2, 0.25) is 0 Å². The zero-order chi connectivity index (χ0) is 25.5. The van der Waals surface area contributed by atoms with Gasteiger partial charge in [-0.2, -0.15) is 8.62 Å². The number of anilines is 1. The van der Waals surface area contributed by atoms with Crippen molar-refractivity contribution in [3.8, 4) is 0 Å². The molecule has 0 aliphatic carbocycles. The molecule has 19 nitrogen and oxygen atoms in total. The van der Waals surface area contributed by atoms with Crippen molar-refractivity contribution in [1.29, 1.82) is 0 Å². The molecule has 23 heteroatoms. The Hall–Kier alpha value is -1.05. The van der Waals surface area contributed by atoms with Gasteiger partial charge in [0, 0.05) is 6.26 Å². The van der Waals surface area contributed by atoms with Crippen molar-refractivity contribution in [2.45, 2.75) is 30.8 Å². The minimum atomic E-state index is -5.81. The highest BCUT2D eigenvalue weighted by Crippen LogP contribution is 2.66. The van der Waals surface area contributed by atoms with Gasteiger partial charge < -0.3 is 40.3 Å². The molecule has 0 saturated carbocycles. The quantitative estimate of drug-likeness (QED) is 0.102. The van der Waals surface area contributed by atoms with Gasteiger partial charge in [-0.25, -0.2) is 28.6 Å². The molecule has 0 bridgehead atoms. The molecule has 7 atom stereocenters. The average Bonchev–Trinajstić information content (AvgIpc) is 3.21. The fraction of sp³-hybridized carbons (Fsp3) is 0.545. The number of nitrogens with two attached hydrogens (primary N) is 1. The second-order valence-electron chi connectivity index (χ2n) is 6.38. The first kappa shape index (κ1) is 27.5. The Morgan fingerprint density at radius 1 is 1.09 bits per heavy atom. The Morgan fingerprint density at radius 3 is 2.38 bits per heavy atom. The van der Waals surface area contributed by atoms with Crippen LogP contribution >= 0.6 is 35.5 Å². The van der Waals surface area contributed by atoms with Crippen LogP contribution in [0.25, 0.3) is 11.2 Å². The van der Waals surface area contributed by atoms with Gasteiger partial charge in [0.25, 0.3) is 0 Å². The van der Waals surface area contributed by atoms with E-state index in [0.29, 0.717) is 12.0 Å². The van der Waals surface area contributed by atoms with Crippen molar-refractivity contribution >= 4 is 52.5 Å². The van der Waals surface area contributed by atoms with E-state index in [-0.39, 0.29) is 17.0 Å². The van der Waals surface area contributed by atoms with Crippen LogP contribution in [-0.2, 0) is 35.8 Å². The van der Waals surface area contributed by atoms with Gasteiger partial charge in [-0.15, -0.1) is 0 Å². The number of aliphatic hydroxyl groups is 2. The summed E-state index contributed by atoms with van der Waals surface area (Å²) in [4.78, 5) is 48.0. The molecule has 1 aliphatic rings. The molecular weight excluding hydrogens is 551 g/mol. The third-order valence-corrected chi connectivity index (χ3v) is 8.23. The summed E-state index contributed by atoms with van der Waals surface area (Å²) in [5.41, 5.74) is 5.97. The van der Waals surface area contributed by atoms with Crippen LogP contribution in [0.3, 0.4) is 0 Å². The van der Waals surface area contributed by atoms with Gasteiger partial charge in [0.1, 0.15) is 30.2 Å². The normalized spacial score (nSPS) is 28.0. The number of aliphatic hydroxyl groups excluding tert-OH is 2. The molecule has 3 heterocycles. The zero-order valence-electron chi connectivity index (χ0n) is 16.6. The number of ether oxygens (including phenoxy) is 1. The van der Waals surface area contributed by atoms with Crippen LogP contribution in [0.1, 0.15) is 6.23 Å². The number of phosphoric ester groups is 1. The molecule has 3 unspecified atom stereocenters. The van der Waals surface area contributed by atoms with Gasteiger partial charge in [0.15, 0.2) is 17.7 Å². The van der Waals surface area contributed by atoms with Crippen LogP contribution in [-0.4, -0.2) is 80.2 Å². The molecule has 2 aromatic heterocycles. The van der Waals surface area contributed by atoms with E-state index in [1.54, 1.807) is 0 Å². The van der Waals surface area contributed by atoms with Gasteiger partial charge in [-0.05, 0) is 12.0 Å². The summed E-state index contributed by atoms with van der Waals surface area (Å²) in [6.07, 6.45) is -5.06. The van der Waals surface area contributed by atoms with Crippen molar-refractivity contribution in [2.75, 3.05) is 12.0 Å². The van der Waals surface area contributed by atoms with Crippen LogP contribution in [0.15, 0.2) is 12.7 Å². The Kier molecular flexibility index (Phi) is 8.21. The largest absolute Gasteiger partial charge is 0.490 e. The molecule has 0 amide bonds. The van der Waals surface area contributed by atoms with Crippen LogP contribution < -0.4 is 5.73 Å². The molecule has 192 valence electrons. The Labute approximate surface area is 193 Å². The predicted octanol–water partition coefficient (Wildman–Crippen LogP) is -1.01. The maximum Gasteiger partial charge on any atom is 0.490 e. The highest BCUT2D eigenvalue weighted by atomic mass is 32.2. The van der Waals surface area contributed by atoms with Gasteiger partial charge in [0.05, 0.1) is 6.33 Å². The second kappa shape index (κ2) is 10.1. The van der Waals surface area contributed by atoms with E-state index in [1.165, 1.54) is 17.2 Å². The van der Waals surface area contributed by atoms with Crippen molar-refractivity contribution in [3.63, 3.8) is 0 Å². The van der Waals surface area contributed by atoms with E-state index >= 15 is 0 Å². The van der Waals surface area contributed by atoms with Crippen molar-refractivity contribution in [1.82, 2.24) is 19.5 Å². The minimum Gasteiger partial charge on any atom is -0.387 e. The van der Waals surface area contributed by atoms with Crippen molar-refractivity contribution in [3.05, 3.63) is 12.7 Å². The van der Waals surface area contributed by atoms with E-state index in [0.717, 1.165) is 6.33 Å². The fourth-order valence-corrected chi connectivity index (χ4v) is 6.34. The van der Waals surface area contributed by atoms with Crippen LogP contribution in [0, 0.1) is 0 Å². The molecule has 3 rings (SSSR count). The third-order valence-electron chi connectivity index (χ3n) is 4.05. The number of phosphoric acid groups is 3. The molecule has 2 aromatic rings. The second-order valence-corrected chi connectivity index (χ2v) is 11.3. The summed E-state index contributed by atoms with van der Waals surface area (Å²) in [5, 5.41) is 20.9. The van der Waals surface area contributed by atoms with E-state index in [4.69, 9.17) is 24.4 Å². The first-order valence-electron chi connectivity index (χ1n) is 8.60. The number of fused-ring (bicyclic) bond motifs is 1. The first-order valence-corrected chi connectivity index (χ1v) is 14.3. The smallest absolute Gasteiger partial charge is 0.387 e. The number of hydrogen-bond donors (Lipinski definition) is 7.